The van der Waals surface area contributed by atoms with Crippen LogP contribution in [0, 0.1) is 0 Å². The van der Waals surface area contributed by atoms with Crippen LogP contribution in [-0.4, -0.2) is 14.2 Å². The highest BCUT2D eigenvalue weighted by atomic mass is 16.5. The van der Waals surface area contributed by atoms with Gasteiger partial charge in [-0.3, -0.25) is 4.79 Å². The SMILES string of the molecule is COc1cc(OC)c2c(=O)cc(-c3ccccc3)oc2c1N=[N+]=[N-]. The molecular formula is C17H13N3O4. The molecule has 0 N–H and O–H groups in total. The van der Waals surface area contributed by atoms with E-state index in [1.807, 2.05) is 30.3 Å². The predicted octanol–water partition coefficient (Wildman–Crippen LogP) is 4.42. The topological polar surface area (TPSA) is 97.4 Å². The lowest BCUT2D eigenvalue weighted by Gasteiger charge is -2.12. The van der Waals surface area contributed by atoms with Crippen LogP contribution in [0.3, 0.4) is 0 Å². The van der Waals surface area contributed by atoms with Crippen molar-refractivity contribution in [3.63, 3.8) is 0 Å². The van der Waals surface area contributed by atoms with Crippen molar-refractivity contribution in [2.45, 2.75) is 0 Å². The summed E-state index contributed by atoms with van der Waals surface area (Å²) in [5.41, 5.74) is 9.48. The van der Waals surface area contributed by atoms with Gasteiger partial charge < -0.3 is 13.9 Å². The summed E-state index contributed by atoms with van der Waals surface area (Å²) < 4.78 is 16.4. The molecule has 0 atom stereocenters. The summed E-state index contributed by atoms with van der Waals surface area (Å²) >= 11 is 0. The van der Waals surface area contributed by atoms with E-state index in [0.29, 0.717) is 5.76 Å². The van der Waals surface area contributed by atoms with Crippen LogP contribution in [0.15, 0.2) is 56.8 Å². The van der Waals surface area contributed by atoms with Crippen LogP contribution in [0.4, 0.5) is 5.69 Å². The Labute approximate surface area is 136 Å². The number of fused-ring (bicyclic) bond motifs is 1. The standard InChI is InChI=1S/C17H13N3O4/c1-22-13-9-14(23-2)16(19-20-18)17-15(13)11(21)8-12(24-17)10-6-4-3-5-7-10/h3-9H,1-2H3. The summed E-state index contributed by atoms with van der Waals surface area (Å²) in [6.45, 7) is 0. The zero-order valence-electron chi connectivity index (χ0n) is 13.0. The van der Waals surface area contributed by atoms with Gasteiger partial charge in [0.2, 0.25) is 0 Å². The highest BCUT2D eigenvalue weighted by molar-refractivity contribution is 5.96. The second-order valence-electron chi connectivity index (χ2n) is 4.86. The van der Waals surface area contributed by atoms with Crippen LogP contribution in [0.2, 0.25) is 0 Å². The Morgan fingerprint density at radius 1 is 1.08 bits per heavy atom. The van der Waals surface area contributed by atoms with Crippen LogP contribution in [0.25, 0.3) is 32.7 Å². The average molecular weight is 323 g/mol. The number of ether oxygens (including phenoxy) is 2. The molecule has 0 radical (unpaired) electrons. The molecule has 0 spiro atoms. The van der Waals surface area contributed by atoms with Crippen molar-refractivity contribution in [3.8, 4) is 22.8 Å². The van der Waals surface area contributed by atoms with Gasteiger partial charge in [-0.05, 0) is 5.53 Å². The first-order valence-electron chi connectivity index (χ1n) is 7.03. The predicted molar refractivity (Wildman–Crippen MR) is 89.8 cm³/mol. The van der Waals surface area contributed by atoms with E-state index in [4.69, 9.17) is 19.4 Å². The van der Waals surface area contributed by atoms with Crippen molar-refractivity contribution < 1.29 is 13.9 Å². The molecule has 0 saturated carbocycles. The van der Waals surface area contributed by atoms with E-state index >= 15 is 0 Å². The van der Waals surface area contributed by atoms with Gasteiger partial charge >= 0.3 is 0 Å². The number of hydrogen-bond donors (Lipinski definition) is 0. The fourth-order valence-electron chi connectivity index (χ4n) is 2.47. The minimum atomic E-state index is -0.302. The first-order chi connectivity index (χ1) is 11.7. The summed E-state index contributed by atoms with van der Waals surface area (Å²) in [5, 5.41) is 3.82. The van der Waals surface area contributed by atoms with Crippen molar-refractivity contribution in [3.05, 3.63) is 63.1 Å². The first-order valence-corrected chi connectivity index (χ1v) is 7.03. The van der Waals surface area contributed by atoms with E-state index in [2.05, 4.69) is 10.0 Å². The second kappa shape index (κ2) is 6.36. The molecule has 7 nitrogen and oxygen atoms in total. The smallest absolute Gasteiger partial charge is 0.197 e. The molecule has 3 aromatic rings. The average Bonchev–Trinajstić information content (AvgIpc) is 2.62. The van der Waals surface area contributed by atoms with Gasteiger partial charge in [0, 0.05) is 22.6 Å². The first kappa shape index (κ1) is 15.5. The minimum absolute atomic E-state index is 0.102. The van der Waals surface area contributed by atoms with Gasteiger partial charge in [0.05, 0.1) is 14.2 Å². The minimum Gasteiger partial charge on any atom is -0.496 e. The second-order valence-corrected chi connectivity index (χ2v) is 4.86. The number of azide groups is 1. The van der Waals surface area contributed by atoms with Gasteiger partial charge in [-0.15, -0.1) is 0 Å². The largest absolute Gasteiger partial charge is 0.496 e. The van der Waals surface area contributed by atoms with E-state index < -0.39 is 0 Å². The van der Waals surface area contributed by atoms with E-state index in [0.717, 1.165) is 5.56 Å². The molecule has 0 aliphatic carbocycles. The third-order valence-corrected chi connectivity index (χ3v) is 3.55. The number of benzene rings is 2. The van der Waals surface area contributed by atoms with Crippen LogP contribution >= 0.6 is 0 Å². The Balaban J connectivity index is 2.45. The Kier molecular flexibility index (Phi) is 4.09. The molecule has 0 saturated heterocycles. The van der Waals surface area contributed by atoms with Gasteiger partial charge in [0.1, 0.15) is 28.3 Å². The molecule has 0 amide bonds. The Bertz CT molecular complexity index is 1010. The van der Waals surface area contributed by atoms with Crippen molar-refractivity contribution >= 4 is 16.7 Å². The third kappa shape index (κ3) is 2.53. The highest BCUT2D eigenvalue weighted by Crippen LogP contribution is 2.41. The number of hydrogen-bond acceptors (Lipinski definition) is 5. The molecule has 7 heteroatoms. The molecule has 0 aliphatic rings. The molecule has 24 heavy (non-hydrogen) atoms. The zero-order valence-corrected chi connectivity index (χ0v) is 13.0. The molecule has 1 aromatic heterocycles. The summed E-state index contributed by atoms with van der Waals surface area (Å²) in [4.78, 5) is 15.4. The third-order valence-electron chi connectivity index (χ3n) is 3.55. The van der Waals surface area contributed by atoms with Gasteiger partial charge in [0.25, 0.3) is 0 Å². The van der Waals surface area contributed by atoms with Crippen LogP contribution in [0.5, 0.6) is 11.5 Å². The maximum atomic E-state index is 12.6. The molecule has 3 rings (SSSR count). The Morgan fingerprint density at radius 3 is 2.42 bits per heavy atom. The zero-order chi connectivity index (χ0) is 17.1. The lowest BCUT2D eigenvalue weighted by molar-refractivity contribution is 0.397. The van der Waals surface area contributed by atoms with E-state index in [1.54, 1.807) is 0 Å². The number of nitrogens with zero attached hydrogens (tertiary/aromatic N) is 3. The molecule has 120 valence electrons. The van der Waals surface area contributed by atoms with Crippen molar-refractivity contribution in [1.82, 2.24) is 0 Å². The monoisotopic (exact) mass is 323 g/mol. The van der Waals surface area contributed by atoms with Gasteiger partial charge in [-0.1, -0.05) is 35.4 Å². The van der Waals surface area contributed by atoms with Gasteiger partial charge in [-0.2, -0.15) is 0 Å². The quantitative estimate of drug-likeness (QED) is 0.403. The summed E-state index contributed by atoms with van der Waals surface area (Å²) in [5.74, 6) is 0.899. The van der Waals surface area contributed by atoms with Crippen LogP contribution in [0.1, 0.15) is 0 Å². The van der Waals surface area contributed by atoms with E-state index in [9.17, 15) is 4.79 Å². The molecular weight excluding hydrogens is 310 g/mol. The lowest BCUT2D eigenvalue weighted by Crippen LogP contribution is -2.03. The van der Waals surface area contributed by atoms with Crippen LogP contribution in [-0.2, 0) is 0 Å². The van der Waals surface area contributed by atoms with Crippen molar-refractivity contribution in [1.29, 1.82) is 0 Å². The van der Waals surface area contributed by atoms with Crippen molar-refractivity contribution in [2.75, 3.05) is 14.2 Å². The summed E-state index contributed by atoms with van der Waals surface area (Å²) in [6, 6.07) is 12.0. The molecule has 0 aliphatic heterocycles. The molecule has 0 bridgehead atoms. The lowest BCUT2D eigenvalue weighted by atomic mass is 10.1. The maximum absolute atomic E-state index is 12.6. The molecule has 1 heterocycles. The molecule has 0 unspecified atom stereocenters. The fourth-order valence-corrected chi connectivity index (χ4v) is 2.47. The van der Waals surface area contributed by atoms with E-state index in [-0.39, 0.29) is 33.6 Å². The fraction of sp³-hybridized carbons (Fsp3) is 0.118. The summed E-state index contributed by atoms with van der Waals surface area (Å²) in [6.07, 6.45) is 0. The number of methoxy groups -OCH3 is 2. The van der Waals surface area contributed by atoms with Crippen LogP contribution < -0.4 is 14.9 Å². The van der Waals surface area contributed by atoms with Gasteiger partial charge in [-0.25, -0.2) is 0 Å². The maximum Gasteiger partial charge on any atom is 0.197 e. The normalized spacial score (nSPS) is 10.2. The van der Waals surface area contributed by atoms with E-state index in [1.165, 1.54) is 26.4 Å². The molecule has 2 aromatic carbocycles. The highest BCUT2D eigenvalue weighted by Gasteiger charge is 2.19. The van der Waals surface area contributed by atoms with Crippen molar-refractivity contribution in [2.24, 2.45) is 5.11 Å². The molecule has 0 fully saturated rings. The Morgan fingerprint density at radius 2 is 1.79 bits per heavy atom. The number of rotatable bonds is 4. The Hall–Kier alpha value is -3.44. The summed E-state index contributed by atoms with van der Waals surface area (Å²) in [7, 11) is 2.86. The van der Waals surface area contributed by atoms with Gasteiger partial charge in [0.15, 0.2) is 11.0 Å².